The minimum atomic E-state index is -5.14. The lowest BCUT2D eigenvalue weighted by Gasteiger charge is -2.16. The molecule has 0 saturated carbocycles. The Bertz CT molecular complexity index is 1380. The van der Waals surface area contributed by atoms with Gasteiger partial charge in [-0.25, -0.2) is 21.2 Å². The fourth-order valence-corrected chi connectivity index (χ4v) is 5.91. The van der Waals surface area contributed by atoms with Crippen molar-refractivity contribution in [1.82, 2.24) is 0 Å². The monoisotopic (exact) mass is 548 g/mol. The second-order valence-electron chi connectivity index (χ2n) is 6.09. The van der Waals surface area contributed by atoms with Gasteiger partial charge in [-0.1, -0.05) is 29.3 Å². The molecule has 0 amide bonds. The molecule has 0 aliphatic rings. The Balaban J connectivity index is 2.04. The molecule has 2 aromatic carbocycles. The Morgan fingerprint density at radius 3 is 1.91 bits per heavy atom. The van der Waals surface area contributed by atoms with E-state index in [4.69, 9.17) is 23.2 Å². The normalized spacial score (nSPS) is 12.6. The molecule has 0 aliphatic carbocycles. The van der Waals surface area contributed by atoms with Gasteiger partial charge in [-0.05, 0) is 41.8 Å². The number of halogens is 6. The van der Waals surface area contributed by atoms with Crippen molar-refractivity contribution in [3.05, 3.63) is 69.3 Å². The molecule has 3 rings (SSSR count). The third-order valence-electron chi connectivity index (χ3n) is 3.86. The maximum absolute atomic E-state index is 13.5. The topological polar surface area (TPSA) is 92.3 Å². The van der Waals surface area contributed by atoms with Gasteiger partial charge < -0.3 is 0 Å². The molecule has 172 valence electrons. The van der Waals surface area contributed by atoms with Crippen molar-refractivity contribution in [3.63, 3.8) is 0 Å². The summed E-state index contributed by atoms with van der Waals surface area (Å²) in [5.74, 6) is -1.66. The number of thiophene rings is 1. The minimum Gasteiger partial charge on any atom is -0.277 e. The average molecular weight is 549 g/mol. The maximum atomic E-state index is 13.5. The summed E-state index contributed by atoms with van der Waals surface area (Å²) >= 11 is 12.7. The first kappa shape index (κ1) is 24.6. The van der Waals surface area contributed by atoms with Crippen LogP contribution < -0.4 is 9.44 Å². The lowest BCUT2D eigenvalue weighted by atomic mass is 10.2. The molecule has 0 aliphatic heterocycles. The number of hydrogen-bond acceptors (Lipinski definition) is 5. The summed E-state index contributed by atoms with van der Waals surface area (Å²) in [6.45, 7) is 0. The molecule has 32 heavy (non-hydrogen) atoms. The van der Waals surface area contributed by atoms with Crippen LogP contribution in [0.4, 0.5) is 28.9 Å². The molecule has 15 heteroatoms. The van der Waals surface area contributed by atoms with Gasteiger partial charge in [0, 0.05) is 0 Å². The Morgan fingerprint density at radius 1 is 0.844 bits per heavy atom. The quantitative estimate of drug-likeness (QED) is 0.380. The summed E-state index contributed by atoms with van der Waals surface area (Å²) in [4.78, 5) is -0.913. The van der Waals surface area contributed by atoms with Crippen LogP contribution in [-0.4, -0.2) is 16.8 Å². The van der Waals surface area contributed by atoms with Crippen LogP contribution in [-0.2, 0) is 26.2 Å². The van der Waals surface area contributed by atoms with E-state index in [1.54, 1.807) is 0 Å². The van der Waals surface area contributed by atoms with E-state index in [0.717, 1.165) is 23.5 Å². The van der Waals surface area contributed by atoms with Gasteiger partial charge in [-0.3, -0.25) is 9.44 Å². The molecular weight excluding hydrogens is 539 g/mol. The van der Waals surface area contributed by atoms with Gasteiger partial charge in [0.05, 0.1) is 31.9 Å². The smallest absolute Gasteiger partial charge is 0.277 e. The molecule has 1 heterocycles. The maximum Gasteiger partial charge on any atom is 0.419 e. The van der Waals surface area contributed by atoms with Crippen molar-refractivity contribution in [3.8, 4) is 0 Å². The Kier molecular flexibility index (Phi) is 6.69. The molecule has 0 bridgehead atoms. The fourth-order valence-electron chi connectivity index (χ4n) is 2.42. The standard InChI is InChI=1S/C17H10Cl2F4N2O4S3/c18-11-7-14(15(8-12(11)19)25-32(28,29)16-2-1-5-30-16)24-31(26,27)9-3-4-13(20)10(6-9)17(21,22)23/h1-8,24-25H. The zero-order valence-electron chi connectivity index (χ0n) is 15.2. The van der Waals surface area contributed by atoms with Crippen molar-refractivity contribution < 1.29 is 34.4 Å². The zero-order chi connectivity index (χ0) is 23.9. The first-order chi connectivity index (χ1) is 14.7. The molecule has 0 saturated heterocycles. The largest absolute Gasteiger partial charge is 0.419 e. The summed E-state index contributed by atoms with van der Waals surface area (Å²) < 4.78 is 107. The van der Waals surface area contributed by atoms with Crippen LogP contribution >= 0.6 is 34.5 Å². The lowest BCUT2D eigenvalue weighted by molar-refractivity contribution is -0.140. The van der Waals surface area contributed by atoms with E-state index in [2.05, 4.69) is 4.72 Å². The molecule has 0 atom stereocenters. The van der Waals surface area contributed by atoms with Gasteiger partial charge >= 0.3 is 6.18 Å². The molecule has 0 fully saturated rings. The second kappa shape index (κ2) is 8.71. The third kappa shape index (κ3) is 5.29. The van der Waals surface area contributed by atoms with Crippen LogP contribution in [0.25, 0.3) is 0 Å². The van der Waals surface area contributed by atoms with Gasteiger partial charge in [-0.2, -0.15) is 13.2 Å². The summed E-state index contributed by atoms with van der Waals surface area (Å²) in [6, 6.07) is 5.87. The minimum absolute atomic E-state index is 0.0919. The van der Waals surface area contributed by atoms with Crippen molar-refractivity contribution >= 4 is 66.0 Å². The van der Waals surface area contributed by atoms with Crippen molar-refractivity contribution in [2.45, 2.75) is 15.3 Å². The van der Waals surface area contributed by atoms with Gasteiger partial charge in [-0.15, -0.1) is 11.3 Å². The third-order valence-corrected chi connectivity index (χ3v) is 8.71. The van der Waals surface area contributed by atoms with Crippen LogP contribution in [0.1, 0.15) is 5.56 Å². The van der Waals surface area contributed by atoms with Crippen molar-refractivity contribution in [2.75, 3.05) is 9.44 Å². The molecule has 6 nitrogen and oxygen atoms in total. The number of hydrogen-bond donors (Lipinski definition) is 2. The molecule has 3 aromatic rings. The van der Waals surface area contributed by atoms with Crippen LogP contribution in [0.15, 0.2) is 56.9 Å². The number of rotatable bonds is 6. The summed E-state index contributed by atoms with van der Waals surface area (Å²) in [5.41, 5.74) is -2.54. The fraction of sp³-hybridized carbons (Fsp3) is 0.0588. The van der Waals surface area contributed by atoms with Gasteiger partial charge in [0.2, 0.25) is 0 Å². The van der Waals surface area contributed by atoms with Crippen LogP contribution in [0.2, 0.25) is 10.0 Å². The van der Waals surface area contributed by atoms with E-state index in [0.29, 0.717) is 12.1 Å². The van der Waals surface area contributed by atoms with E-state index in [9.17, 15) is 34.4 Å². The summed E-state index contributed by atoms with van der Waals surface area (Å²) in [5, 5.41) is 1.21. The molecule has 0 radical (unpaired) electrons. The van der Waals surface area contributed by atoms with Gasteiger partial charge in [0.1, 0.15) is 10.0 Å². The van der Waals surface area contributed by atoms with E-state index in [-0.39, 0.29) is 26.0 Å². The molecule has 0 unspecified atom stereocenters. The first-order valence-corrected chi connectivity index (χ1v) is 12.8. The Hall–Kier alpha value is -2.06. The van der Waals surface area contributed by atoms with Gasteiger partial charge in [0.25, 0.3) is 20.0 Å². The predicted octanol–water partition coefficient (Wildman–Crippen LogP) is 5.81. The number of sulfonamides is 2. The van der Waals surface area contributed by atoms with Crippen molar-refractivity contribution in [2.24, 2.45) is 0 Å². The van der Waals surface area contributed by atoms with E-state index < -0.39 is 48.2 Å². The number of alkyl halides is 3. The molecular formula is C17H10Cl2F4N2O4S3. The van der Waals surface area contributed by atoms with E-state index >= 15 is 0 Å². The van der Waals surface area contributed by atoms with Crippen LogP contribution in [0.3, 0.4) is 0 Å². The molecule has 1 aromatic heterocycles. The number of anilines is 2. The highest BCUT2D eigenvalue weighted by molar-refractivity contribution is 7.94. The molecule has 2 N–H and O–H groups in total. The first-order valence-electron chi connectivity index (χ1n) is 8.15. The van der Waals surface area contributed by atoms with E-state index in [1.807, 2.05) is 4.72 Å². The number of nitrogens with one attached hydrogen (secondary N) is 2. The van der Waals surface area contributed by atoms with Gasteiger partial charge in [0.15, 0.2) is 0 Å². The number of benzene rings is 2. The zero-order valence-corrected chi connectivity index (χ0v) is 19.2. The highest BCUT2D eigenvalue weighted by Gasteiger charge is 2.35. The summed E-state index contributed by atoms with van der Waals surface area (Å²) in [7, 11) is -8.87. The SMILES string of the molecule is O=S(=O)(Nc1cc(Cl)c(Cl)cc1NS(=O)(=O)c1cccs1)c1ccc(F)c(C(F)(F)F)c1. The van der Waals surface area contributed by atoms with E-state index in [1.165, 1.54) is 17.5 Å². The van der Waals surface area contributed by atoms with Crippen LogP contribution in [0.5, 0.6) is 0 Å². The van der Waals surface area contributed by atoms with Crippen molar-refractivity contribution in [1.29, 1.82) is 0 Å². The second-order valence-corrected chi connectivity index (χ2v) is 11.4. The predicted molar refractivity (Wildman–Crippen MR) is 114 cm³/mol. The molecule has 0 spiro atoms. The van der Waals surface area contributed by atoms with Crippen LogP contribution in [0, 0.1) is 5.82 Å². The average Bonchev–Trinajstić information content (AvgIpc) is 3.20. The highest BCUT2D eigenvalue weighted by atomic mass is 35.5. The lowest BCUT2D eigenvalue weighted by Crippen LogP contribution is -2.18. The Labute approximate surface area is 193 Å². The Morgan fingerprint density at radius 2 is 1.41 bits per heavy atom. The summed E-state index contributed by atoms with van der Waals surface area (Å²) in [6.07, 6.45) is -5.14. The highest BCUT2D eigenvalue weighted by Crippen LogP contribution is 2.37.